The van der Waals surface area contributed by atoms with Crippen LogP contribution in [0.4, 0.5) is 26.3 Å². The number of halogens is 6. The summed E-state index contributed by atoms with van der Waals surface area (Å²) in [5, 5.41) is 0. The van der Waals surface area contributed by atoms with E-state index in [1.165, 1.54) is 0 Å². The molecule has 9 heteroatoms. The van der Waals surface area contributed by atoms with Crippen LogP contribution < -0.4 is 11.3 Å². The van der Waals surface area contributed by atoms with Gasteiger partial charge in [0, 0.05) is 0 Å². The summed E-state index contributed by atoms with van der Waals surface area (Å²) in [6.07, 6.45) is -11.4. The minimum absolute atomic E-state index is 0.799. The molecule has 1 amide bonds. The Morgan fingerprint density at radius 3 is 1.46 bits per heavy atom. The minimum Gasteiger partial charge on any atom is -0.293 e. The van der Waals surface area contributed by atoms with Gasteiger partial charge in [0.15, 0.2) is 0 Å². The van der Waals surface area contributed by atoms with Crippen LogP contribution in [0.2, 0.25) is 0 Å². The second-order valence-electron chi connectivity index (χ2n) is 2.02. The van der Waals surface area contributed by atoms with E-state index in [2.05, 4.69) is 5.84 Å². The number of carbonyl (C=O) groups is 1. The third-order valence-corrected chi connectivity index (χ3v) is 1.06. The van der Waals surface area contributed by atoms with E-state index in [-0.39, 0.29) is 0 Å². The summed E-state index contributed by atoms with van der Waals surface area (Å²) in [5.41, 5.74) is 0.799. The van der Waals surface area contributed by atoms with Crippen molar-refractivity contribution in [2.45, 2.75) is 12.4 Å². The molecule has 13 heavy (non-hydrogen) atoms. The number of hydrazine groups is 1. The molecule has 0 radical (unpaired) electrons. The summed E-state index contributed by atoms with van der Waals surface area (Å²) in [6, 6.07) is 0. The van der Waals surface area contributed by atoms with Gasteiger partial charge < -0.3 is 0 Å². The molecule has 0 saturated carbocycles. The first kappa shape index (κ1) is 12.0. The predicted octanol–water partition coefficient (Wildman–Crippen LogP) is 0.717. The van der Waals surface area contributed by atoms with Crippen LogP contribution in [0.25, 0.3) is 0 Å². The van der Waals surface area contributed by atoms with Gasteiger partial charge in [0.1, 0.15) is 0 Å². The van der Waals surface area contributed by atoms with Crippen molar-refractivity contribution in [3.63, 3.8) is 0 Å². The molecule has 0 spiro atoms. The average Bonchev–Trinajstić information content (AvgIpc) is 1.80. The Hall–Kier alpha value is -0.990. The van der Waals surface area contributed by atoms with Gasteiger partial charge in [-0.05, 0) is 0 Å². The molecule has 0 aliphatic carbocycles. The number of carbonyl (C=O) groups excluding carboxylic acids is 1. The summed E-state index contributed by atoms with van der Waals surface area (Å²) in [5.74, 6) is -2.25. The fourth-order valence-electron chi connectivity index (χ4n) is 0.566. The molecule has 0 aromatic heterocycles. The molecule has 3 N–H and O–H groups in total. The van der Waals surface area contributed by atoms with Crippen molar-refractivity contribution >= 4 is 5.91 Å². The van der Waals surface area contributed by atoms with E-state index >= 15 is 0 Å². The van der Waals surface area contributed by atoms with E-state index in [1.54, 1.807) is 0 Å². The molecule has 0 fully saturated rings. The number of nitrogens with one attached hydrogen (secondary N) is 1. The highest BCUT2D eigenvalue weighted by Crippen LogP contribution is 2.38. The Balaban J connectivity index is 4.89. The second kappa shape index (κ2) is 3.40. The van der Waals surface area contributed by atoms with Crippen LogP contribution in [0.5, 0.6) is 0 Å². The zero-order chi connectivity index (χ0) is 10.9. The van der Waals surface area contributed by atoms with Crippen molar-refractivity contribution in [1.82, 2.24) is 5.43 Å². The summed E-state index contributed by atoms with van der Waals surface area (Å²) >= 11 is 0. The lowest BCUT2D eigenvalue weighted by molar-refractivity contribution is -0.274. The molecule has 0 aliphatic heterocycles. The summed E-state index contributed by atoms with van der Waals surface area (Å²) in [7, 11) is 0. The number of nitrogens with two attached hydrogens (primary N) is 1. The lowest BCUT2D eigenvalue weighted by atomic mass is 10.1. The second-order valence-corrected chi connectivity index (χ2v) is 2.02. The van der Waals surface area contributed by atoms with E-state index in [0.717, 1.165) is 5.43 Å². The van der Waals surface area contributed by atoms with E-state index in [0.29, 0.717) is 0 Å². The third kappa shape index (κ3) is 3.09. The molecule has 0 aromatic carbocycles. The fraction of sp³-hybridized carbons (Fsp3) is 0.750. The molecule has 0 bridgehead atoms. The average molecular weight is 210 g/mol. The van der Waals surface area contributed by atoms with Crippen molar-refractivity contribution in [3.05, 3.63) is 0 Å². The fourth-order valence-corrected chi connectivity index (χ4v) is 0.566. The smallest absolute Gasteiger partial charge is 0.293 e. The van der Waals surface area contributed by atoms with Gasteiger partial charge in [-0.3, -0.25) is 10.2 Å². The number of rotatable bonds is 1. The van der Waals surface area contributed by atoms with Crippen LogP contribution in [0.3, 0.4) is 0 Å². The van der Waals surface area contributed by atoms with Crippen molar-refractivity contribution in [2.75, 3.05) is 0 Å². The molecule has 0 rings (SSSR count). The molecule has 0 aliphatic rings. The normalized spacial score (nSPS) is 13.2. The Labute approximate surface area is 67.8 Å². The molecule has 78 valence electrons. The first-order valence-corrected chi connectivity index (χ1v) is 2.74. The molecule has 0 aromatic rings. The van der Waals surface area contributed by atoms with Gasteiger partial charge in [-0.1, -0.05) is 0 Å². The maximum Gasteiger partial charge on any atom is 0.409 e. The highest BCUT2D eigenvalue weighted by Gasteiger charge is 2.60. The van der Waals surface area contributed by atoms with Gasteiger partial charge in [0.25, 0.3) is 5.91 Å². The van der Waals surface area contributed by atoms with Crippen molar-refractivity contribution in [3.8, 4) is 0 Å². The summed E-state index contributed by atoms with van der Waals surface area (Å²) in [6.45, 7) is 0. The largest absolute Gasteiger partial charge is 0.409 e. The number of hydrogen-bond donors (Lipinski definition) is 2. The summed E-state index contributed by atoms with van der Waals surface area (Å²) < 4.78 is 69.7. The Kier molecular flexibility index (Phi) is 3.14. The van der Waals surface area contributed by atoms with Gasteiger partial charge in [0.05, 0.1) is 0 Å². The quantitative estimate of drug-likeness (QED) is 0.290. The minimum atomic E-state index is -5.69. The maximum absolute atomic E-state index is 11.6. The first-order chi connectivity index (χ1) is 5.60. The molecule has 0 atom stereocenters. The maximum atomic E-state index is 11.6. The number of hydrogen-bond acceptors (Lipinski definition) is 2. The molecule has 0 heterocycles. The number of alkyl halides is 6. The van der Waals surface area contributed by atoms with Crippen LogP contribution in [0, 0.1) is 5.92 Å². The van der Waals surface area contributed by atoms with Crippen molar-refractivity contribution in [1.29, 1.82) is 0 Å². The van der Waals surface area contributed by atoms with Gasteiger partial charge in [-0.15, -0.1) is 0 Å². The van der Waals surface area contributed by atoms with Crippen molar-refractivity contribution in [2.24, 2.45) is 11.8 Å². The third-order valence-electron chi connectivity index (χ3n) is 1.06. The Bertz CT molecular complexity index is 182. The van der Waals surface area contributed by atoms with Gasteiger partial charge >= 0.3 is 12.4 Å². The van der Waals surface area contributed by atoms with Crippen LogP contribution in [0.1, 0.15) is 0 Å². The van der Waals surface area contributed by atoms with Crippen molar-refractivity contribution < 1.29 is 31.1 Å². The highest BCUT2D eigenvalue weighted by molar-refractivity contribution is 5.79. The predicted molar refractivity (Wildman–Crippen MR) is 27.9 cm³/mol. The Morgan fingerprint density at radius 1 is 1.08 bits per heavy atom. The van der Waals surface area contributed by atoms with Gasteiger partial charge in [-0.25, -0.2) is 5.84 Å². The first-order valence-electron chi connectivity index (χ1n) is 2.74. The van der Waals surface area contributed by atoms with Crippen LogP contribution in [-0.4, -0.2) is 18.3 Å². The van der Waals surface area contributed by atoms with E-state index in [4.69, 9.17) is 0 Å². The van der Waals surface area contributed by atoms with Gasteiger partial charge in [0.2, 0.25) is 5.92 Å². The van der Waals surface area contributed by atoms with Crippen LogP contribution in [-0.2, 0) is 4.79 Å². The van der Waals surface area contributed by atoms with E-state index in [1.807, 2.05) is 0 Å². The molecular formula is C4H4F6N2O. The zero-order valence-corrected chi connectivity index (χ0v) is 5.83. The lowest BCUT2D eigenvalue weighted by Gasteiger charge is -2.20. The summed E-state index contributed by atoms with van der Waals surface area (Å²) in [4.78, 5) is 10.1. The monoisotopic (exact) mass is 210 g/mol. The zero-order valence-electron chi connectivity index (χ0n) is 5.83. The lowest BCUT2D eigenvalue weighted by Crippen LogP contribution is -2.49. The molecular weight excluding hydrogens is 206 g/mol. The highest BCUT2D eigenvalue weighted by atomic mass is 19.4. The van der Waals surface area contributed by atoms with E-state index < -0.39 is 24.2 Å². The Morgan fingerprint density at radius 2 is 1.38 bits per heavy atom. The topological polar surface area (TPSA) is 55.1 Å². The molecule has 0 saturated heterocycles. The van der Waals surface area contributed by atoms with Crippen LogP contribution in [0.15, 0.2) is 0 Å². The van der Waals surface area contributed by atoms with Crippen LogP contribution >= 0.6 is 0 Å². The number of amides is 1. The molecule has 0 unspecified atom stereocenters. The van der Waals surface area contributed by atoms with Gasteiger partial charge in [-0.2, -0.15) is 26.3 Å². The molecule has 3 nitrogen and oxygen atoms in total. The standard InChI is InChI=1S/C4H4F6N2O/c5-3(6,7)1(2(13)12-11)4(8,9)10/h1H,11H2,(H,12,13). The van der Waals surface area contributed by atoms with E-state index in [9.17, 15) is 31.1 Å². The SMILES string of the molecule is NNC(=O)C(C(F)(F)F)C(F)(F)F.